The van der Waals surface area contributed by atoms with Gasteiger partial charge in [0.05, 0.1) is 0 Å². The fraction of sp³-hybridized carbons (Fsp3) is 0.417. The molecule has 0 atom stereocenters. The number of likely N-dealkylation sites (tertiary alicyclic amines) is 1. The predicted molar refractivity (Wildman–Crippen MR) is 64.2 cm³/mol. The topological polar surface area (TPSA) is 20.3 Å². The third kappa shape index (κ3) is 3.03. The molecule has 5 heteroatoms. The maximum absolute atomic E-state index is 13.0. The first-order valence-electron chi connectivity index (χ1n) is 5.41. The second kappa shape index (κ2) is 4.72. The summed E-state index contributed by atoms with van der Waals surface area (Å²) < 4.78 is 26.8. The van der Waals surface area contributed by atoms with Crippen LogP contribution in [0.25, 0.3) is 0 Å². The van der Waals surface area contributed by atoms with Gasteiger partial charge in [-0.05, 0) is 24.3 Å². The highest BCUT2D eigenvalue weighted by Gasteiger charge is 2.35. The summed E-state index contributed by atoms with van der Waals surface area (Å²) >= 11 is 3.28. The van der Waals surface area contributed by atoms with E-state index in [9.17, 15) is 13.6 Å². The van der Waals surface area contributed by atoms with Crippen molar-refractivity contribution in [3.63, 3.8) is 0 Å². The number of hydrogen-bond donors (Lipinski definition) is 0. The largest absolute Gasteiger partial charge is 0.338 e. The maximum Gasteiger partial charge on any atom is 0.253 e. The molecule has 0 radical (unpaired) electrons. The molecule has 1 aliphatic rings. The number of hydrogen-bond acceptors (Lipinski definition) is 1. The molecule has 0 aliphatic carbocycles. The number of alkyl halides is 2. The molecule has 1 fully saturated rings. The van der Waals surface area contributed by atoms with Crippen LogP contribution in [0, 0.1) is 0 Å². The third-order valence-electron chi connectivity index (χ3n) is 2.87. The van der Waals surface area contributed by atoms with Gasteiger partial charge in [0.15, 0.2) is 0 Å². The maximum atomic E-state index is 13.0. The number of rotatable bonds is 1. The van der Waals surface area contributed by atoms with Crippen molar-refractivity contribution in [2.75, 3.05) is 13.1 Å². The van der Waals surface area contributed by atoms with Crippen LogP contribution in [0.1, 0.15) is 23.2 Å². The zero-order chi connectivity index (χ0) is 12.5. The van der Waals surface area contributed by atoms with Crippen LogP contribution in [-0.4, -0.2) is 29.8 Å². The van der Waals surface area contributed by atoms with Crippen molar-refractivity contribution in [3.8, 4) is 0 Å². The van der Waals surface area contributed by atoms with Crippen LogP contribution in [0.15, 0.2) is 28.7 Å². The van der Waals surface area contributed by atoms with E-state index in [1.807, 2.05) is 0 Å². The lowest BCUT2D eigenvalue weighted by Crippen LogP contribution is -2.42. The number of carbonyl (C=O) groups excluding carboxylic acids is 1. The lowest BCUT2D eigenvalue weighted by Gasteiger charge is -2.31. The summed E-state index contributed by atoms with van der Waals surface area (Å²) in [6, 6.07) is 6.93. The molecule has 2 rings (SSSR count). The van der Waals surface area contributed by atoms with Gasteiger partial charge in [0.2, 0.25) is 0 Å². The molecule has 0 saturated carbocycles. The quantitative estimate of drug-likeness (QED) is 0.779. The molecule has 0 unspecified atom stereocenters. The molecule has 17 heavy (non-hydrogen) atoms. The number of halogens is 3. The van der Waals surface area contributed by atoms with E-state index >= 15 is 0 Å². The summed E-state index contributed by atoms with van der Waals surface area (Å²) in [5.41, 5.74) is 0.540. The molecule has 0 N–H and O–H groups in total. The van der Waals surface area contributed by atoms with E-state index in [0.29, 0.717) is 5.56 Å². The standard InChI is InChI=1S/C12H12BrF2NO/c13-10-3-1-9(2-4-10)11(17)16-7-5-12(14,15)6-8-16/h1-4H,5-8H2. The van der Waals surface area contributed by atoms with Gasteiger partial charge in [-0.2, -0.15) is 0 Å². The summed E-state index contributed by atoms with van der Waals surface area (Å²) in [6.07, 6.45) is -0.482. The van der Waals surface area contributed by atoms with Gasteiger partial charge in [-0.15, -0.1) is 0 Å². The fourth-order valence-corrected chi connectivity index (χ4v) is 2.08. The Kier molecular flexibility index (Phi) is 3.47. The molecule has 0 aromatic heterocycles. The smallest absolute Gasteiger partial charge is 0.253 e. The molecule has 1 amide bonds. The minimum absolute atomic E-state index is 0.127. The zero-order valence-electron chi connectivity index (χ0n) is 9.13. The number of amides is 1. The predicted octanol–water partition coefficient (Wildman–Crippen LogP) is 3.32. The highest BCUT2D eigenvalue weighted by atomic mass is 79.9. The fourth-order valence-electron chi connectivity index (χ4n) is 1.81. The Labute approximate surface area is 107 Å². The van der Waals surface area contributed by atoms with Crippen LogP contribution < -0.4 is 0 Å². The molecule has 2 nitrogen and oxygen atoms in total. The molecular weight excluding hydrogens is 292 g/mol. The Morgan fingerprint density at radius 1 is 1.18 bits per heavy atom. The van der Waals surface area contributed by atoms with Crippen LogP contribution in [0.5, 0.6) is 0 Å². The van der Waals surface area contributed by atoms with E-state index in [2.05, 4.69) is 15.9 Å². The molecule has 1 aliphatic heterocycles. The van der Waals surface area contributed by atoms with E-state index in [4.69, 9.17) is 0 Å². The number of benzene rings is 1. The van der Waals surface area contributed by atoms with Crippen LogP contribution in [0.3, 0.4) is 0 Å². The average molecular weight is 304 g/mol. The summed E-state index contributed by atoms with van der Waals surface area (Å²) in [5, 5.41) is 0. The second-order valence-corrected chi connectivity index (χ2v) is 5.07. The van der Waals surface area contributed by atoms with Gasteiger partial charge in [-0.3, -0.25) is 4.79 Å². The molecule has 92 valence electrons. The highest BCUT2D eigenvalue weighted by Crippen LogP contribution is 2.28. The Morgan fingerprint density at radius 3 is 2.24 bits per heavy atom. The van der Waals surface area contributed by atoms with E-state index in [1.54, 1.807) is 24.3 Å². The van der Waals surface area contributed by atoms with Crippen molar-refractivity contribution in [2.24, 2.45) is 0 Å². The van der Waals surface area contributed by atoms with Gasteiger partial charge in [0, 0.05) is 36.0 Å². The van der Waals surface area contributed by atoms with Gasteiger partial charge in [-0.1, -0.05) is 15.9 Å². The van der Waals surface area contributed by atoms with Gasteiger partial charge in [0.25, 0.3) is 11.8 Å². The third-order valence-corrected chi connectivity index (χ3v) is 3.40. The summed E-state index contributed by atoms with van der Waals surface area (Å²) in [5.74, 6) is -2.79. The van der Waals surface area contributed by atoms with Gasteiger partial charge >= 0.3 is 0 Å². The summed E-state index contributed by atoms with van der Waals surface area (Å²) in [4.78, 5) is 13.5. The van der Waals surface area contributed by atoms with Gasteiger partial charge in [0.1, 0.15) is 0 Å². The van der Waals surface area contributed by atoms with Crippen LogP contribution in [-0.2, 0) is 0 Å². The van der Waals surface area contributed by atoms with Crippen LogP contribution >= 0.6 is 15.9 Å². The van der Waals surface area contributed by atoms with E-state index in [1.165, 1.54) is 4.90 Å². The Bertz CT molecular complexity index is 409. The van der Waals surface area contributed by atoms with Crippen molar-refractivity contribution in [2.45, 2.75) is 18.8 Å². The first kappa shape index (κ1) is 12.5. The summed E-state index contributed by atoms with van der Waals surface area (Å²) in [7, 11) is 0. The molecule has 1 saturated heterocycles. The van der Waals surface area contributed by atoms with E-state index < -0.39 is 5.92 Å². The van der Waals surface area contributed by atoms with Gasteiger partial charge in [-0.25, -0.2) is 8.78 Å². The van der Waals surface area contributed by atoms with Crippen molar-refractivity contribution in [1.82, 2.24) is 4.90 Å². The van der Waals surface area contributed by atoms with E-state index in [0.717, 1.165) is 4.47 Å². The summed E-state index contributed by atoms with van der Waals surface area (Å²) in [6.45, 7) is 0.254. The van der Waals surface area contributed by atoms with E-state index in [-0.39, 0.29) is 31.8 Å². The monoisotopic (exact) mass is 303 g/mol. The number of piperidine rings is 1. The number of carbonyl (C=O) groups is 1. The van der Waals surface area contributed by atoms with Crippen molar-refractivity contribution in [3.05, 3.63) is 34.3 Å². The Morgan fingerprint density at radius 2 is 1.71 bits per heavy atom. The molecule has 0 bridgehead atoms. The molecule has 1 aromatic carbocycles. The van der Waals surface area contributed by atoms with Crippen molar-refractivity contribution < 1.29 is 13.6 Å². The van der Waals surface area contributed by atoms with Crippen LogP contribution in [0.4, 0.5) is 8.78 Å². The number of nitrogens with zero attached hydrogens (tertiary/aromatic N) is 1. The highest BCUT2D eigenvalue weighted by molar-refractivity contribution is 9.10. The average Bonchev–Trinajstić information content (AvgIpc) is 2.29. The molecule has 1 heterocycles. The van der Waals surface area contributed by atoms with Gasteiger partial charge < -0.3 is 4.90 Å². The minimum atomic E-state index is -2.61. The second-order valence-electron chi connectivity index (χ2n) is 4.16. The SMILES string of the molecule is O=C(c1ccc(Br)cc1)N1CCC(F)(F)CC1. The van der Waals surface area contributed by atoms with Crippen molar-refractivity contribution in [1.29, 1.82) is 0 Å². The zero-order valence-corrected chi connectivity index (χ0v) is 10.7. The first-order valence-corrected chi connectivity index (χ1v) is 6.20. The van der Waals surface area contributed by atoms with Crippen LogP contribution in [0.2, 0.25) is 0 Å². The lowest BCUT2D eigenvalue weighted by molar-refractivity contribution is -0.0494. The first-order chi connectivity index (χ1) is 7.98. The normalized spacial score (nSPS) is 19.1. The molecular formula is C12H12BrF2NO. The van der Waals surface area contributed by atoms with Crippen molar-refractivity contribution >= 4 is 21.8 Å². The Hall–Kier alpha value is -0.970. The Balaban J connectivity index is 2.04. The molecule has 0 spiro atoms. The lowest BCUT2D eigenvalue weighted by atomic mass is 10.1. The minimum Gasteiger partial charge on any atom is -0.338 e. The molecule has 1 aromatic rings.